The molecule has 32 heavy (non-hydrogen) atoms. The van der Waals surface area contributed by atoms with Gasteiger partial charge >= 0.3 is 0 Å². The lowest BCUT2D eigenvalue weighted by atomic mass is 10.1. The fraction of sp³-hybridized carbons (Fsp3) is 0.200. The number of nitrogens with zero attached hydrogens (tertiary/aromatic N) is 1. The number of rotatable bonds is 8. The van der Waals surface area contributed by atoms with Crippen LogP contribution in [0.25, 0.3) is 0 Å². The summed E-state index contributed by atoms with van der Waals surface area (Å²) in [6.45, 7) is 1.77. The molecule has 0 radical (unpaired) electrons. The standard InChI is InChI=1S/C25H26ClN3O3/c1-17(18-7-5-4-6-8-18)27-25(31)22-15-20(11-14-23(22)29(2)3)28-24(30)16-32-21-12-9-19(26)10-13-21/h4-15,17H,16H2,1-3H3,(H,27,31)(H,28,30). The van der Waals surface area contributed by atoms with E-state index in [1.54, 1.807) is 42.5 Å². The molecule has 2 N–H and O–H groups in total. The van der Waals surface area contributed by atoms with Gasteiger partial charge < -0.3 is 20.3 Å². The summed E-state index contributed by atoms with van der Waals surface area (Å²) in [6, 6.07) is 21.6. The van der Waals surface area contributed by atoms with E-state index >= 15 is 0 Å². The summed E-state index contributed by atoms with van der Waals surface area (Å²) in [6.07, 6.45) is 0. The summed E-state index contributed by atoms with van der Waals surface area (Å²) in [4.78, 5) is 27.2. The molecular formula is C25H26ClN3O3. The Bertz CT molecular complexity index is 1070. The number of benzene rings is 3. The Kier molecular flexibility index (Phi) is 7.73. The number of halogens is 1. The van der Waals surface area contributed by atoms with Crippen LogP contribution in [0, 0.1) is 0 Å². The van der Waals surface area contributed by atoms with Crippen LogP contribution in [0.15, 0.2) is 72.8 Å². The first-order valence-corrected chi connectivity index (χ1v) is 10.6. The highest BCUT2D eigenvalue weighted by molar-refractivity contribution is 6.30. The van der Waals surface area contributed by atoms with Crippen molar-refractivity contribution in [3.63, 3.8) is 0 Å². The Morgan fingerprint density at radius 3 is 2.34 bits per heavy atom. The fourth-order valence-electron chi connectivity index (χ4n) is 3.16. The second-order valence-electron chi connectivity index (χ2n) is 7.52. The fourth-order valence-corrected chi connectivity index (χ4v) is 3.29. The van der Waals surface area contributed by atoms with Crippen molar-refractivity contribution in [1.82, 2.24) is 5.32 Å². The molecule has 3 aromatic carbocycles. The van der Waals surface area contributed by atoms with Gasteiger partial charge in [0.2, 0.25) is 0 Å². The van der Waals surface area contributed by atoms with Gasteiger partial charge in [-0.3, -0.25) is 9.59 Å². The third-order valence-electron chi connectivity index (χ3n) is 4.84. The summed E-state index contributed by atoms with van der Waals surface area (Å²) in [5.74, 6) is -0.0115. The second-order valence-corrected chi connectivity index (χ2v) is 7.96. The molecule has 2 amide bonds. The highest BCUT2D eigenvalue weighted by Gasteiger charge is 2.17. The van der Waals surface area contributed by atoms with Gasteiger partial charge in [0, 0.05) is 30.5 Å². The maximum Gasteiger partial charge on any atom is 0.262 e. The molecule has 0 aliphatic carbocycles. The van der Waals surface area contributed by atoms with E-state index < -0.39 is 0 Å². The first-order valence-electron chi connectivity index (χ1n) is 10.2. The van der Waals surface area contributed by atoms with Crippen LogP contribution >= 0.6 is 11.6 Å². The number of carbonyl (C=O) groups excluding carboxylic acids is 2. The van der Waals surface area contributed by atoms with Gasteiger partial charge in [-0.25, -0.2) is 0 Å². The van der Waals surface area contributed by atoms with Crippen molar-refractivity contribution in [2.45, 2.75) is 13.0 Å². The third kappa shape index (κ3) is 6.25. The van der Waals surface area contributed by atoms with Gasteiger partial charge in [0.15, 0.2) is 6.61 Å². The largest absolute Gasteiger partial charge is 0.484 e. The third-order valence-corrected chi connectivity index (χ3v) is 5.09. The Labute approximate surface area is 193 Å². The molecule has 3 aromatic rings. The van der Waals surface area contributed by atoms with Crippen molar-refractivity contribution in [1.29, 1.82) is 0 Å². The van der Waals surface area contributed by atoms with Gasteiger partial charge in [-0.1, -0.05) is 41.9 Å². The number of nitrogens with one attached hydrogen (secondary N) is 2. The van der Waals surface area contributed by atoms with Crippen LogP contribution < -0.4 is 20.3 Å². The SMILES string of the molecule is CC(NC(=O)c1cc(NC(=O)COc2ccc(Cl)cc2)ccc1N(C)C)c1ccccc1. The molecule has 6 nitrogen and oxygen atoms in total. The number of anilines is 2. The zero-order chi connectivity index (χ0) is 23.1. The van der Waals surface area contributed by atoms with E-state index in [1.807, 2.05) is 56.3 Å². The van der Waals surface area contributed by atoms with Crippen molar-refractivity contribution in [2.75, 3.05) is 30.9 Å². The van der Waals surface area contributed by atoms with Crippen LogP contribution in [0.3, 0.4) is 0 Å². The van der Waals surface area contributed by atoms with Gasteiger partial charge in [-0.05, 0) is 55.0 Å². The van der Waals surface area contributed by atoms with Gasteiger partial charge in [-0.15, -0.1) is 0 Å². The van der Waals surface area contributed by atoms with Crippen LogP contribution in [0.1, 0.15) is 28.9 Å². The Hall–Kier alpha value is -3.51. The number of ether oxygens (including phenoxy) is 1. The van der Waals surface area contributed by atoms with Crippen LogP contribution in [0.2, 0.25) is 5.02 Å². The topological polar surface area (TPSA) is 70.7 Å². The first-order chi connectivity index (χ1) is 15.3. The van der Waals surface area contributed by atoms with E-state index in [0.717, 1.165) is 11.3 Å². The molecule has 0 bridgehead atoms. The van der Waals surface area contributed by atoms with Crippen molar-refractivity contribution in [2.24, 2.45) is 0 Å². The smallest absolute Gasteiger partial charge is 0.262 e. The molecule has 0 aromatic heterocycles. The van der Waals surface area contributed by atoms with Gasteiger partial charge in [0.05, 0.1) is 11.6 Å². The van der Waals surface area contributed by atoms with Gasteiger partial charge in [-0.2, -0.15) is 0 Å². The van der Waals surface area contributed by atoms with E-state index in [0.29, 0.717) is 22.0 Å². The zero-order valence-corrected chi connectivity index (χ0v) is 19.0. The zero-order valence-electron chi connectivity index (χ0n) is 18.3. The lowest BCUT2D eigenvalue weighted by Gasteiger charge is -2.20. The van der Waals surface area contributed by atoms with Crippen molar-refractivity contribution in [3.8, 4) is 5.75 Å². The summed E-state index contributed by atoms with van der Waals surface area (Å²) in [5, 5.41) is 6.40. The molecule has 0 aliphatic rings. The van der Waals surface area contributed by atoms with E-state index in [-0.39, 0.29) is 24.5 Å². The maximum atomic E-state index is 13.0. The van der Waals surface area contributed by atoms with E-state index in [2.05, 4.69) is 10.6 Å². The maximum absolute atomic E-state index is 13.0. The van der Waals surface area contributed by atoms with E-state index in [1.165, 1.54) is 0 Å². The predicted molar refractivity (Wildman–Crippen MR) is 129 cm³/mol. The molecule has 166 valence electrons. The monoisotopic (exact) mass is 451 g/mol. The summed E-state index contributed by atoms with van der Waals surface area (Å²) in [7, 11) is 3.73. The molecule has 0 saturated heterocycles. The normalized spacial score (nSPS) is 11.4. The number of hydrogen-bond acceptors (Lipinski definition) is 4. The Balaban J connectivity index is 1.69. The highest BCUT2D eigenvalue weighted by atomic mass is 35.5. The Morgan fingerprint density at radius 2 is 1.69 bits per heavy atom. The Morgan fingerprint density at radius 1 is 1.00 bits per heavy atom. The molecule has 0 fully saturated rings. The average molecular weight is 452 g/mol. The second kappa shape index (κ2) is 10.7. The summed E-state index contributed by atoms with van der Waals surface area (Å²) in [5.41, 5.74) is 2.74. The molecule has 3 rings (SSSR count). The number of hydrogen-bond donors (Lipinski definition) is 2. The molecule has 0 spiro atoms. The molecule has 0 heterocycles. The van der Waals surface area contributed by atoms with Gasteiger partial charge in [0.25, 0.3) is 11.8 Å². The van der Waals surface area contributed by atoms with Crippen molar-refractivity contribution >= 4 is 34.8 Å². The van der Waals surface area contributed by atoms with Crippen LogP contribution in [-0.2, 0) is 4.79 Å². The predicted octanol–water partition coefficient (Wildman–Crippen LogP) is 4.91. The number of carbonyl (C=O) groups is 2. The van der Waals surface area contributed by atoms with Crippen LogP contribution in [0.4, 0.5) is 11.4 Å². The van der Waals surface area contributed by atoms with Crippen LogP contribution in [0.5, 0.6) is 5.75 Å². The van der Waals surface area contributed by atoms with E-state index in [4.69, 9.17) is 16.3 Å². The molecular weight excluding hydrogens is 426 g/mol. The molecule has 0 saturated carbocycles. The molecule has 0 aliphatic heterocycles. The summed E-state index contributed by atoms with van der Waals surface area (Å²) >= 11 is 5.85. The number of amides is 2. The molecule has 1 unspecified atom stereocenters. The minimum Gasteiger partial charge on any atom is -0.484 e. The highest BCUT2D eigenvalue weighted by Crippen LogP contribution is 2.24. The van der Waals surface area contributed by atoms with E-state index in [9.17, 15) is 9.59 Å². The average Bonchev–Trinajstić information content (AvgIpc) is 2.79. The minimum atomic E-state index is -0.332. The van der Waals surface area contributed by atoms with Crippen molar-refractivity contribution in [3.05, 3.63) is 88.9 Å². The van der Waals surface area contributed by atoms with Gasteiger partial charge in [0.1, 0.15) is 5.75 Å². The lowest BCUT2D eigenvalue weighted by molar-refractivity contribution is -0.118. The quantitative estimate of drug-likeness (QED) is 0.510. The van der Waals surface area contributed by atoms with Crippen LogP contribution in [-0.4, -0.2) is 32.5 Å². The summed E-state index contributed by atoms with van der Waals surface area (Å²) < 4.78 is 5.48. The minimum absolute atomic E-state index is 0.162. The first kappa shape index (κ1) is 23.2. The van der Waals surface area contributed by atoms with Crippen molar-refractivity contribution < 1.29 is 14.3 Å². The lowest BCUT2D eigenvalue weighted by Crippen LogP contribution is -2.28. The molecule has 7 heteroatoms. The molecule has 1 atom stereocenters.